The van der Waals surface area contributed by atoms with Crippen LogP contribution in [0.15, 0.2) is 42.5 Å². The highest BCUT2D eigenvalue weighted by atomic mass is 35.5. The maximum atomic E-state index is 12.3. The van der Waals surface area contributed by atoms with E-state index in [2.05, 4.69) is 0 Å². The molecule has 7 heteroatoms. The summed E-state index contributed by atoms with van der Waals surface area (Å²) in [5.74, 6) is -0.732. The topological polar surface area (TPSA) is 63.6 Å². The van der Waals surface area contributed by atoms with Crippen LogP contribution >= 0.6 is 34.8 Å². The Balaban J connectivity index is 2.10. The van der Waals surface area contributed by atoms with Crippen molar-refractivity contribution in [2.75, 3.05) is 6.61 Å². The number of allylic oxidation sites excluding steroid dienone is 1. The predicted octanol–water partition coefficient (Wildman–Crippen LogP) is 5.40. The van der Waals surface area contributed by atoms with Crippen LogP contribution in [0.4, 0.5) is 0 Å². The zero-order valence-electron chi connectivity index (χ0n) is 12.8. The molecular formula is C18H13Cl3O4. The van der Waals surface area contributed by atoms with Gasteiger partial charge in [-0.05, 0) is 35.9 Å². The van der Waals surface area contributed by atoms with Gasteiger partial charge in [-0.15, -0.1) is 0 Å². The van der Waals surface area contributed by atoms with Crippen molar-refractivity contribution in [3.63, 3.8) is 0 Å². The van der Waals surface area contributed by atoms with Crippen molar-refractivity contribution in [1.29, 1.82) is 0 Å². The molecular weight excluding hydrogens is 387 g/mol. The van der Waals surface area contributed by atoms with Gasteiger partial charge >= 0.3 is 5.97 Å². The summed E-state index contributed by atoms with van der Waals surface area (Å²) in [4.78, 5) is 22.7. The monoisotopic (exact) mass is 398 g/mol. The molecule has 0 spiro atoms. The molecule has 0 aliphatic rings. The van der Waals surface area contributed by atoms with E-state index < -0.39 is 5.97 Å². The first-order valence-corrected chi connectivity index (χ1v) is 8.32. The van der Waals surface area contributed by atoms with Gasteiger partial charge in [-0.2, -0.15) is 0 Å². The smallest absolute Gasteiger partial charge is 0.306 e. The summed E-state index contributed by atoms with van der Waals surface area (Å²) in [6, 6.07) is 9.94. The molecule has 0 saturated heterocycles. The molecule has 0 aliphatic carbocycles. The molecule has 0 unspecified atom stereocenters. The number of ketones is 1. The van der Waals surface area contributed by atoms with E-state index in [0.29, 0.717) is 5.75 Å². The summed E-state index contributed by atoms with van der Waals surface area (Å²) >= 11 is 17.8. The van der Waals surface area contributed by atoms with Gasteiger partial charge in [-0.25, -0.2) is 0 Å². The summed E-state index contributed by atoms with van der Waals surface area (Å²) in [7, 11) is 0. The highest BCUT2D eigenvalue weighted by Gasteiger charge is 2.13. The molecule has 0 fully saturated rings. The molecule has 0 bridgehead atoms. The Morgan fingerprint density at radius 1 is 1.08 bits per heavy atom. The minimum Gasteiger partial charge on any atom is -0.493 e. The number of benzene rings is 2. The second-order valence-electron chi connectivity index (χ2n) is 4.99. The van der Waals surface area contributed by atoms with Crippen molar-refractivity contribution < 1.29 is 19.4 Å². The van der Waals surface area contributed by atoms with E-state index in [1.54, 1.807) is 30.3 Å². The number of carbonyl (C=O) groups is 2. The van der Waals surface area contributed by atoms with Crippen LogP contribution in [-0.4, -0.2) is 23.5 Å². The third-order valence-corrected chi connectivity index (χ3v) is 4.46. The van der Waals surface area contributed by atoms with Crippen molar-refractivity contribution in [3.05, 3.63) is 68.7 Å². The number of carboxylic acids is 1. The number of halogens is 3. The minimum absolute atomic E-state index is 0.0698. The summed E-state index contributed by atoms with van der Waals surface area (Å²) in [6.45, 7) is 0.0698. The average molecular weight is 400 g/mol. The van der Waals surface area contributed by atoms with Gasteiger partial charge in [-0.1, -0.05) is 53.0 Å². The van der Waals surface area contributed by atoms with Gasteiger partial charge in [-0.3, -0.25) is 9.59 Å². The molecule has 4 nitrogen and oxygen atoms in total. The Morgan fingerprint density at radius 3 is 2.56 bits per heavy atom. The lowest BCUT2D eigenvalue weighted by molar-refractivity contribution is -0.137. The van der Waals surface area contributed by atoms with Gasteiger partial charge in [0, 0.05) is 5.56 Å². The number of carbonyl (C=O) groups excluding carboxylic acids is 1. The summed E-state index contributed by atoms with van der Waals surface area (Å²) in [6.07, 6.45) is 2.88. The predicted molar refractivity (Wildman–Crippen MR) is 99.0 cm³/mol. The van der Waals surface area contributed by atoms with Crippen LogP contribution in [0.2, 0.25) is 15.1 Å². The molecule has 0 radical (unpaired) electrons. The Labute approximate surface area is 159 Å². The van der Waals surface area contributed by atoms with Gasteiger partial charge in [0.05, 0.1) is 28.1 Å². The van der Waals surface area contributed by atoms with E-state index in [-0.39, 0.29) is 39.4 Å². The first-order chi connectivity index (χ1) is 11.9. The van der Waals surface area contributed by atoms with Gasteiger partial charge in [0.1, 0.15) is 5.75 Å². The summed E-state index contributed by atoms with van der Waals surface area (Å²) < 4.78 is 5.34. The highest BCUT2D eigenvalue weighted by molar-refractivity contribution is 6.49. The lowest BCUT2D eigenvalue weighted by Crippen LogP contribution is -2.04. The van der Waals surface area contributed by atoms with Crippen molar-refractivity contribution in [1.82, 2.24) is 0 Å². The number of ether oxygens (including phenoxy) is 1. The fraction of sp³-hybridized carbons (Fsp3) is 0.111. The van der Waals surface area contributed by atoms with Crippen LogP contribution < -0.4 is 4.74 Å². The molecule has 0 amide bonds. The standard InChI is InChI=1S/C18H13Cl3O4/c19-14-6-5-13(17(20)18(14)21)15(22)7-4-11-2-1-3-12(10-11)25-9-8-16(23)24/h1-7,10H,8-9H2,(H,23,24)/b7-4+. The molecule has 0 aliphatic heterocycles. The van der Waals surface area contributed by atoms with Crippen LogP contribution in [0, 0.1) is 0 Å². The van der Waals surface area contributed by atoms with Crippen LogP contribution in [0.25, 0.3) is 6.08 Å². The molecule has 0 atom stereocenters. The van der Waals surface area contributed by atoms with E-state index in [9.17, 15) is 9.59 Å². The molecule has 2 aromatic rings. The van der Waals surface area contributed by atoms with Gasteiger partial charge in [0.15, 0.2) is 5.78 Å². The van der Waals surface area contributed by atoms with E-state index in [4.69, 9.17) is 44.6 Å². The van der Waals surface area contributed by atoms with Crippen LogP contribution in [0.1, 0.15) is 22.3 Å². The molecule has 2 aromatic carbocycles. The molecule has 2 rings (SSSR count). The number of hydrogen-bond acceptors (Lipinski definition) is 3. The van der Waals surface area contributed by atoms with Crippen LogP contribution in [0.3, 0.4) is 0 Å². The lowest BCUT2D eigenvalue weighted by Gasteiger charge is -2.05. The van der Waals surface area contributed by atoms with Crippen LogP contribution in [0.5, 0.6) is 5.75 Å². The average Bonchev–Trinajstić information content (AvgIpc) is 2.58. The van der Waals surface area contributed by atoms with Crippen molar-refractivity contribution >= 4 is 52.6 Å². The van der Waals surface area contributed by atoms with E-state index in [0.717, 1.165) is 5.56 Å². The van der Waals surface area contributed by atoms with Crippen LogP contribution in [-0.2, 0) is 4.79 Å². The van der Waals surface area contributed by atoms with E-state index >= 15 is 0 Å². The fourth-order valence-electron chi connectivity index (χ4n) is 1.94. The van der Waals surface area contributed by atoms with Crippen molar-refractivity contribution in [2.45, 2.75) is 6.42 Å². The number of hydrogen-bond donors (Lipinski definition) is 1. The zero-order valence-corrected chi connectivity index (χ0v) is 15.1. The SMILES string of the molecule is O=C(O)CCOc1cccc(/C=C/C(=O)c2ccc(Cl)c(Cl)c2Cl)c1. The molecule has 0 aromatic heterocycles. The van der Waals surface area contributed by atoms with Gasteiger partial charge in [0.2, 0.25) is 0 Å². The van der Waals surface area contributed by atoms with E-state index in [1.807, 2.05) is 0 Å². The third kappa shape index (κ3) is 5.49. The normalized spacial score (nSPS) is 10.8. The molecule has 1 N–H and O–H groups in total. The zero-order chi connectivity index (χ0) is 18.4. The third-order valence-electron chi connectivity index (χ3n) is 3.17. The lowest BCUT2D eigenvalue weighted by atomic mass is 10.1. The molecule has 130 valence electrons. The Hall–Kier alpha value is -2.01. The molecule has 0 heterocycles. The second kappa shape index (κ2) is 8.90. The first kappa shape index (κ1) is 19.3. The number of carboxylic acid groups (broad SMARTS) is 1. The van der Waals surface area contributed by atoms with Crippen molar-refractivity contribution in [3.8, 4) is 5.75 Å². The maximum absolute atomic E-state index is 12.3. The van der Waals surface area contributed by atoms with E-state index in [1.165, 1.54) is 18.2 Å². The Morgan fingerprint density at radius 2 is 1.84 bits per heavy atom. The largest absolute Gasteiger partial charge is 0.493 e. The van der Waals surface area contributed by atoms with Crippen molar-refractivity contribution in [2.24, 2.45) is 0 Å². The number of rotatable bonds is 7. The molecule has 0 saturated carbocycles. The minimum atomic E-state index is -0.930. The second-order valence-corrected chi connectivity index (χ2v) is 6.15. The van der Waals surface area contributed by atoms with Gasteiger partial charge in [0.25, 0.3) is 0 Å². The highest BCUT2D eigenvalue weighted by Crippen LogP contribution is 2.33. The Bertz CT molecular complexity index is 831. The number of aliphatic carboxylic acids is 1. The summed E-state index contributed by atoms with van der Waals surface area (Å²) in [5.41, 5.74) is 0.971. The van der Waals surface area contributed by atoms with Gasteiger partial charge < -0.3 is 9.84 Å². The maximum Gasteiger partial charge on any atom is 0.306 e. The molecule has 25 heavy (non-hydrogen) atoms. The fourth-order valence-corrected chi connectivity index (χ4v) is 2.57. The Kier molecular flexibility index (Phi) is 6.88. The quantitative estimate of drug-likeness (QED) is 0.385. The summed E-state index contributed by atoms with van der Waals surface area (Å²) in [5, 5.41) is 9.12. The first-order valence-electron chi connectivity index (χ1n) is 7.19.